The maximum absolute atomic E-state index is 12.4. The zero-order chi connectivity index (χ0) is 8.59. The Morgan fingerprint density at radius 1 is 1.18 bits per heavy atom. The molecule has 0 aromatic carbocycles. The van der Waals surface area contributed by atoms with Crippen molar-refractivity contribution in [2.45, 2.75) is 0 Å². The van der Waals surface area contributed by atoms with Gasteiger partial charge in [0, 0.05) is 0 Å². The molecule has 2 nitrogen and oxygen atoms in total. The van der Waals surface area contributed by atoms with E-state index in [1.807, 2.05) is 0 Å². The summed E-state index contributed by atoms with van der Waals surface area (Å²) in [7, 11) is 0. The van der Waals surface area contributed by atoms with Crippen molar-refractivity contribution in [3.63, 3.8) is 0 Å². The van der Waals surface area contributed by atoms with Crippen molar-refractivity contribution in [1.82, 2.24) is 4.98 Å². The first-order valence-corrected chi connectivity index (χ1v) is 2.87. The molecule has 0 saturated heterocycles. The Labute approximate surface area is 64.8 Å². The molecule has 1 heterocycles. The summed E-state index contributed by atoms with van der Waals surface area (Å²) in [4.78, 5) is 2.71. The molecule has 6 heteroatoms. The van der Waals surface area contributed by atoms with E-state index in [1.165, 1.54) is 0 Å². The van der Waals surface area contributed by atoms with Crippen LogP contribution >= 0.6 is 11.6 Å². The van der Waals surface area contributed by atoms with Gasteiger partial charge in [-0.1, -0.05) is 11.6 Å². The molecule has 0 amide bonds. The van der Waals surface area contributed by atoms with Gasteiger partial charge in [-0.25, -0.2) is 8.78 Å². The summed E-state index contributed by atoms with van der Waals surface area (Å²) in [5, 5.41) is -0.977. The van der Waals surface area contributed by atoms with Crippen molar-refractivity contribution < 1.29 is 13.2 Å². The van der Waals surface area contributed by atoms with Gasteiger partial charge in [0.05, 0.1) is 0 Å². The van der Waals surface area contributed by atoms with Crippen LogP contribution in [-0.2, 0) is 0 Å². The molecule has 0 unspecified atom stereocenters. The molecule has 0 saturated carbocycles. The first-order chi connectivity index (χ1) is 5.04. The zero-order valence-electron chi connectivity index (χ0n) is 5.04. The average Bonchev–Trinajstić information content (AvgIpc) is 1.97. The van der Waals surface area contributed by atoms with Crippen LogP contribution in [0.3, 0.4) is 0 Å². The Morgan fingerprint density at radius 2 is 1.73 bits per heavy atom. The van der Waals surface area contributed by atoms with E-state index in [1.54, 1.807) is 0 Å². The molecular formula is C5H2ClF3N2. The van der Waals surface area contributed by atoms with Crippen molar-refractivity contribution in [3.05, 3.63) is 22.6 Å². The summed E-state index contributed by atoms with van der Waals surface area (Å²) >= 11 is 4.98. The molecule has 1 rings (SSSR count). The summed E-state index contributed by atoms with van der Waals surface area (Å²) in [6.45, 7) is 0. The van der Waals surface area contributed by atoms with Gasteiger partial charge in [0.1, 0.15) is 5.02 Å². The predicted octanol–water partition coefficient (Wildman–Crippen LogP) is 1.73. The number of pyridine rings is 1. The quantitative estimate of drug-likeness (QED) is 0.621. The Kier molecular flexibility index (Phi) is 1.90. The van der Waals surface area contributed by atoms with Crippen LogP contribution in [0.1, 0.15) is 0 Å². The van der Waals surface area contributed by atoms with Crippen molar-refractivity contribution >= 4 is 17.4 Å². The van der Waals surface area contributed by atoms with Gasteiger partial charge in [-0.3, -0.25) is 0 Å². The fraction of sp³-hybridized carbons (Fsp3) is 0. The minimum atomic E-state index is -1.53. The van der Waals surface area contributed by atoms with Crippen LogP contribution in [0.4, 0.5) is 19.0 Å². The number of nitrogens with two attached hydrogens (primary N) is 1. The van der Waals surface area contributed by atoms with E-state index in [0.29, 0.717) is 0 Å². The van der Waals surface area contributed by atoms with Crippen LogP contribution in [0.2, 0.25) is 5.02 Å². The molecule has 0 spiro atoms. The lowest BCUT2D eigenvalue weighted by Gasteiger charge is -1.99. The molecule has 60 valence electrons. The fourth-order valence-electron chi connectivity index (χ4n) is 0.503. The van der Waals surface area contributed by atoms with Crippen LogP contribution in [0.15, 0.2) is 0 Å². The van der Waals surface area contributed by atoms with Gasteiger partial charge in [0.15, 0.2) is 17.5 Å². The highest BCUT2D eigenvalue weighted by molar-refractivity contribution is 6.31. The Balaban J connectivity index is 3.46. The lowest BCUT2D eigenvalue weighted by atomic mass is 10.4. The maximum atomic E-state index is 12.4. The van der Waals surface area contributed by atoms with Crippen LogP contribution < -0.4 is 5.73 Å². The van der Waals surface area contributed by atoms with Gasteiger partial charge in [-0.05, 0) is 0 Å². The SMILES string of the molecule is Nc1nc(F)c(F)c(Cl)c1F. The first kappa shape index (κ1) is 8.13. The van der Waals surface area contributed by atoms with Gasteiger partial charge in [0.2, 0.25) is 0 Å². The zero-order valence-corrected chi connectivity index (χ0v) is 5.79. The third kappa shape index (κ3) is 1.23. The third-order valence-corrected chi connectivity index (χ3v) is 1.34. The highest BCUT2D eigenvalue weighted by Gasteiger charge is 2.16. The number of hydrogen-bond donors (Lipinski definition) is 1. The van der Waals surface area contributed by atoms with Gasteiger partial charge in [-0.2, -0.15) is 9.37 Å². The van der Waals surface area contributed by atoms with E-state index in [9.17, 15) is 13.2 Å². The van der Waals surface area contributed by atoms with Crippen molar-refractivity contribution in [1.29, 1.82) is 0 Å². The lowest BCUT2D eigenvalue weighted by Crippen LogP contribution is -2.01. The molecule has 0 radical (unpaired) electrons. The number of aromatic nitrogens is 1. The molecule has 0 aliphatic rings. The highest BCUT2D eigenvalue weighted by Crippen LogP contribution is 2.23. The van der Waals surface area contributed by atoms with E-state index in [2.05, 4.69) is 4.98 Å². The maximum Gasteiger partial charge on any atom is 0.252 e. The molecule has 0 aliphatic carbocycles. The number of nitrogen functional groups attached to an aromatic ring is 1. The number of hydrogen-bond acceptors (Lipinski definition) is 2. The number of rotatable bonds is 0. The second-order valence-electron chi connectivity index (χ2n) is 1.73. The topological polar surface area (TPSA) is 38.9 Å². The summed E-state index contributed by atoms with van der Waals surface area (Å²) in [5.74, 6) is -5.04. The first-order valence-electron chi connectivity index (χ1n) is 2.49. The van der Waals surface area contributed by atoms with E-state index < -0.39 is 28.4 Å². The number of anilines is 1. The normalized spacial score (nSPS) is 10.2. The van der Waals surface area contributed by atoms with E-state index in [4.69, 9.17) is 17.3 Å². The average molecular weight is 183 g/mol. The number of halogens is 4. The third-order valence-electron chi connectivity index (χ3n) is 1.01. The Hall–Kier alpha value is -0.970. The molecule has 0 fully saturated rings. The molecule has 0 aliphatic heterocycles. The fourth-order valence-corrected chi connectivity index (χ4v) is 0.678. The largest absolute Gasteiger partial charge is 0.381 e. The van der Waals surface area contributed by atoms with E-state index >= 15 is 0 Å². The predicted molar refractivity (Wildman–Crippen MR) is 33.5 cm³/mol. The molecule has 1 aromatic heterocycles. The lowest BCUT2D eigenvalue weighted by molar-refractivity contribution is 0.468. The van der Waals surface area contributed by atoms with Crippen LogP contribution in [-0.4, -0.2) is 4.98 Å². The Morgan fingerprint density at radius 3 is 2.27 bits per heavy atom. The monoisotopic (exact) mass is 182 g/mol. The molecule has 0 atom stereocenters. The van der Waals surface area contributed by atoms with Crippen molar-refractivity contribution in [3.8, 4) is 0 Å². The summed E-state index contributed by atoms with van der Waals surface area (Å²) in [5.41, 5.74) is 4.81. The van der Waals surface area contributed by atoms with E-state index in [-0.39, 0.29) is 0 Å². The smallest absolute Gasteiger partial charge is 0.252 e. The second kappa shape index (κ2) is 2.58. The minimum Gasteiger partial charge on any atom is -0.381 e. The molecule has 1 aromatic rings. The molecule has 0 bridgehead atoms. The van der Waals surface area contributed by atoms with Gasteiger partial charge in [0.25, 0.3) is 5.95 Å². The molecule has 11 heavy (non-hydrogen) atoms. The standard InChI is InChI=1S/C5H2ClF3N2/c6-1-2(7)4(9)11-5(10)3(1)8/h(H2,10,11). The number of nitrogens with zero attached hydrogens (tertiary/aromatic N) is 1. The summed E-state index contributed by atoms with van der Waals surface area (Å²) in [6.07, 6.45) is 0. The molecular weight excluding hydrogens is 181 g/mol. The van der Waals surface area contributed by atoms with Crippen LogP contribution in [0.25, 0.3) is 0 Å². The van der Waals surface area contributed by atoms with Gasteiger partial charge < -0.3 is 5.73 Å². The van der Waals surface area contributed by atoms with Crippen molar-refractivity contribution in [2.75, 3.05) is 5.73 Å². The summed E-state index contributed by atoms with van der Waals surface area (Å²) in [6, 6.07) is 0. The highest BCUT2D eigenvalue weighted by atomic mass is 35.5. The Bertz CT molecular complexity index is 276. The van der Waals surface area contributed by atoms with Gasteiger partial charge in [-0.15, -0.1) is 0 Å². The summed E-state index contributed by atoms with van der Waals surface area (Å²) < 4.78 is 37.0. The minimum absolute atomic E-state index is 0.756. The second-order valence-corrected chi connectivity index (χ2v) is 2.11. The molecule has 2 N–H and O–H groups in total. The van der Waals surface area contributed by atoms with Crippen molar-refractivity contribution in [2.24, 2.45) is 0 Å². The van der Waals surface area contributed by atoms with Crippen LogP contribution in [0.5, 0.6) is 0 Å². The van der Waals surface area contributed by atoms with Gasteiger partial charge >= 0.3 is 0 Å². The van der Waals surface area contributed by atoms with E-state index in [0.717, 1.165) is 0 Å². The van der Waals surface area contributed by atoms with Crippen LogP contribution in [0, 0.1) is 17.6 Å².